The summed E-state index contributed by atoms with van der Waals surface area (Å²) >= 11 is 0. The topological polar surface area (TPSA) is 68.9 Å². The molecule has 0 radical (unpaired) electrons. The van der Waals surface area contributed by atoms with E-state index in [0.717, 1.165) is 53.2 Å². The van der Waals surface area contributed by atoms with Gasteiger partial charge in [0, 0.05) is 11.6 Å². The van der Waals surface area contributed by atoms with Crippen molar-refractivity contribution in [2.24, 2.45) is 5.92 Å². The Morgan fingerprint density at radius 2 is 1.81 bits per heavy atom. The number of hydrogen-bond acceptors (Lipinski definition) is 5. The highest BCUT2D eigenvalue weighted by atomic mass is 15.4. The van der Waals surface area contributed by atoms with Gasteiger partial charge in [0.15, 0.2) is 0 Å². The van der Waals surface area contributed by atoms with E-state index >= 15 is 0 Å². The van der Waals surface area contributed by atoms with Gasteiger partial charge < -0.3 is 15.2 Å². The number of nitrogens with one attached hydrogen (secondary N) is 3. The van der Waals surface area contributed by atoms with Gasteiger partial charge in [-0.1, -0.05) is 43.3 Å². The molecule has 2 aromatic carbocycles. The van der Waals surface area contributed by atoms with Crippen LogP contribution in [0.3, 0.4) is 0 Å². The lowest BCUT2D eigenvalue weighted by Gasteiger charge is -2.28. The minimum absolute atomic E-state index is 0.371. The van der Waals surface area contributed by atoms with Gasteiger partial charge in [0.1, 0.15) is 0 Å². The molecule has 6 heteroatoms. The van der Waals surface area contributed by atoms with Gasteiger partial charge in [-0.05, 0) is 53.8 Å². The van der Waals surface area contributed by atoms with Crippen LogP contribution in [0, 0.1) is 5.92 Å². The molecule has 2 aliphatic rings. The highest BCUT2D eigenvalue weighted by molar-refractivity contribution is 5.86. The van der Waals surface area contributed by atoms with Crippen molar-refractivity contribution in [3.05, 3.63) is 79.0 Å². The number of H-pyrrole nitrogens is 1. The number of aromatic nitrogens is 3. The van der Waals surface area contributed by atoms with E-state index in [1.54, 1.807) is 6.33 Å². The Kier molecular flexibility index (Phi) is 4.65. The average Bonchev–Trinajstić information content (AvgIpc) is 3.60. The molecule has 160 valence electrons. The lowest BCUT2D eigenvalue weighted by atomic mass is 10.0. The molecule has 4 heterocycles. The van der Waals surface area contributed by atoms with E-state index in [2.05, 4.69) is 93.2 Å². The lowest BCUT2D eigenvalue weighted by Crippen LogP contribution is -2.40. The van der Waals surface area contributed by atoms with E-state index in [0.29, 0.717) is 12.1 Å². The maximum absolute atomic E-state index is 4.99. The Morgan fingerprint density at radius 3 is 2.59 bits per heavy atom. The first-order valence-corrected chi connectivity index (χ1v) is 11.2. The third-order valence-electron chi connectivity index (χ3n) is 6.49. The lowest BCUT2D eigenvalue weighted by molar-refractivity contribution is 0.277. The Hall–Kier alpha value is -3.64. The second-order valence-electron chi connectivity index (χ2n) is 8.77. The maximum atomic E-state index is 4.99. The maximum Gasteiger partial charge on any atom is 0.0924 e. The summed E-state index contributed by atoms with van der Waals surface area (Å²) in [5, 5.41) is 8.17. The van der Waals surface area contributed by atoms with Gasteiger partial charge in [0.25, 0.3) is 0 Å². The molecule has 0 aliphatic carbocycles. The zero-order chi connectivity index (χ0) is 21.5. The molecule has 6 nitrogen and oxygen atoms in total. The molecule has 2 atom stereocenters. The summed E-state index contributed by atoms with van der Waals surface area (Å²) < 4.78 is 0. The summed E-state index contributed by atoms with van der Waals surface area (Å²) in [4.78, 5) is 14.6. The highest BCUT2D eigenvalue weighted by Gasteiger charge is 2.30. The van der Waals surface area contributed by atoms with Crippen molar-refractivity contribution in [2.45, 2.75) is 19.5 Å². The van der Waals surface area contributed by atoms with Crippen molar-refractivity contribution in [2.75, 3.05) is 13.2 Å². The molecule has 1 unspecified atom stereocenters. The first kappa shape index (κ1) is 19.1. The van der Waals surface area contributed by atoms with Crippen molar-refractivity contribution in [3.63, 3.8) is 0 Å². The number of benzene rings is 2. The van der Waals surface area contributed by atoms with Crippen molar-refractivity contribution in [1.82, 2.24) is 30.5 Å². The third-order valence-corrected chi connectivity index (χ3v) is 6.49. The normalized spacial score (nSPS) is 20.5. The van der Waals surface area contributed by atoms with Crippen molar-refractivity contribution in [1.29, 1.82) is 0 Å². The van der Waals surface area contributed by atoms with E-state index in [1.807, 2.05) is 6.20 Å². The molecule has 2 aliphatic heterocycles. The van der Waals surface area contributed by atoms with Gasteiger partial charge in [-0.15, -0.1) is 0 Å². The molecule has 0 bridgehead atoms. The molecule has 1 fully saturated rings. The fourth-order valence-electron chi connectivity index (χ4n) is 4.73. The Labute approximate surface area is 187 Å². The van der Waals surface area contributed by atoms with Gasteiger partial charge in [0.05, 0.1) is 48.0 Å². The quantitative estimate of drug-likeness (QED) is 0.455. The van der Waals surface area contributed by atoms with Gasteiger partial charge in [-0.3, -0.25) is 5.32 Å². The molecular formula is C26H26N6. The molecule has 0 amide bonds. The van der Waals surface area contributed by atoms with Gasteiger partial charge in [-0.25, -0.2) is 9.97 Å². The molecule has 4 aromatic rings. The Balaban J connectivity index is 1.27. The van der Waals surface area contributed by atoms with Crippen LogP contribution < -0.4 is 10.6 Å². The Bertz CT molecular complexity index is 1280. The summed E-state index contributed by atoms with van der Waals surface area (Å²) in [6.45, 7) is 4.20. The number of pyridine rings is 1. The van der Waals surface area contributed by atoms with Crippen molar-refractivity contribution >= 4 is 16.6 Å². The van der Waals surface area contributed by atoms with Crippen LogP contribution in [-0.2, 0) is 0 Å². The van der Waals surface area contributed by atoms with Gasteiger partial charge in [-0.2, -0.15) is 0 Å². The van der Waals surface area contributed by atoms with Crippen molar-refractivity contribution in [3.8, 4) is 22.4 Å². The summed E-state index contributed by atoms with van der Waals surface area (Å²) in [7, 11) is 0. The first-order chi connectivity index (χ1) is 15.7. The molecule has 3 N–H and O–H groups in total. The highest BCUT2D eigenvalue weighted by Crippen LogP contribution is 2.30. The van der Waals surface area contributed by atoms with E-state index < -0.39 is 0 Å². The van der Waals surface area contributed by atoms with E-state index in [-0.39, 0.29) is 0 Å². The van der Waals surface area contributed by atoms with Crippen LogP contribution in [0.4, 0.5) is 0 Å². The van der Waals surface area contributed by atoms with Crippen LogP contribution in [0.15, 0.2) is 73.3 Å². The molecular weight excluding hydrogens is 396 g/mol. The summed E-state index contributed by atoms with van der Waals surface area (Å²) in [5.74, 6) is 0.707. The predicted octanol–water partition coefficient (Wildman–Crippen LogP) is 4.41. The van der Waals surface area contributed by atoms with Gasteiger partial charge >= 0.3 is 0 Å². The zero-order valence-electron chi connectivity index (χ0n) is 18.0. The van der Waals surface area contributed by atoms with E-state index in [9.17, 15) is 0 Å². The second kappa shape index (κ2) is 7.80. The fraction of sp³-hybridized carbons (Fsp3) is 0.231. The van der Waals surface area contributed by atoms with Crippen LogP contribution in [0.2, 0.25) is 0 Å². The fourth-order valence-corrected chi connectivity index (χ4v) is 4.73. The SMILES string of the molecule is C[C@@H]1CNC(N2CNC=C2c2ccc3cc(-c4ccc(-c5cnc[nH]5)cc4)ccc3n2)C1. The van der Waals surface area contributed by atoms with E-state index in [1.165, 1.54) is 11.1 Å². The zero-order valence-corrected chi connectivity index (χ0v) is 18.0. The number of aromatic amines is 1. The van der Waals surface area contributed by atoms with Crippen LogP contribution >= 0.6 is 0 Å². The molecule has 6 rings (SSSR count). The number of hydrogen-bond donors (Lipinski definition) is 3. The minimum Gasteiger partial charge on any atom is -0.372 e. The van der Waals surface area contributed by atoms with Crippen LogP contribution in [0.25, 0.3) is 39.0 Å². The summed E-state index contributed by atoms with van der Waals surface area (Å²) in [6, 6.07) is 19.4. The summed E-state index contributed by atoms with van der Waals surface area (Å²) in [5.41, 5.74) is 7.73. The standard InChI is InChI=1S/C26H26N6/c1-17-10-26(29-12-17)32-16-28-14-25(32)23-9-7-21-11-20(6-8-22(21)31-23)18-2-4-19(5-3-18)24-13-27-15-30-24/h2-9,11,13-15,17,26,28-29H,10,12,16H2,1H3,(H,27,30)/t17-,26?/m0/s1. The first-order valence-electron chi connectivity index (χ1n) is 11.2. The van der Waals surface area contributed by atoms with Crippen molar-refractivity contribution < 1.29 is 0 Å². The predicted molar refractivity (Wildman–Crippen MR) is 128 cm³/mol. The Morgan fingerprint density at radius 1 is 0.969 bits per heavy atom. The number of imidazole rings is 1. The number of nitrogens with zero attached hydrogens (tertiary/aromatic N) is 3. The molecule has 0 spiro atoms. The van der Waals surface area contributed by atoms with E-state index in [4.69, 9.17) is 4.98 Å². The van der Waals surface area contributed by atoms with Crippen LogP contribution in [-0.4, -0.2) is 39.2 Å². The second-order valence-corrected chi connectivity index (χ2v) is 8.77. The molecule has 0 saturated carbocycles. The largest absolute Gasteiger partial charge is 0.372 e. The molecule has 1 saturated heterocycles. The molecule has 32 heavy (non-hydrogen) atoms. The average molecular weight is 423 g/mol. The monoisotopic (exact) mass is 422 g/mol. The number of rotatable bonds is 4. The van der Waals surface area contributed by atoms with Crippen LogP contribution in [0.5, 0.6) is 0 Å². The number of fused-ring (bicyclic) bond motifs is 1. The summed E-state index contributed by atoms with van der Waals surface area (Å²) in [6.07, 6.45) is 7.17. The van der Waals surface area contributed by atoms with Gasteiger partial charge in [0.2, 0.25) is 0 Å². The minimum atomic E-state index is 0.371. The third kappa shape index (κ3) is 3.42. The molecule has 2 aromatic heterocycles. The smallest absolute Gasteiger partial charge is 0.0924 e. The van der Waals surface area contributed by atoms with Crippen LogP contribution in [0.1, 0.15) is 19.0 Å².